The van der Waals surface area contributed by atoms with E-state index in [2.05, 4.69) is 17.3 Å². The quantitative estimate of drug-likeness (QED) is 0.946. The molecule has 0 bridgehead atoms. The first-order chi connectivity index (χ1) is 11.0. The molecule has 1 aliphatic rings. The lowest BCUT2D eigenvalue weighted by molar-refractivity contribution is -0.117. The largest absolute Gasteiger partial charge is 0.324 e. The number of anilines is 1. The van der Waals surface area contributed by atoms with E-state index in [0.717, 1.165) is 41.8 Å². The zero-order valence-electron chi connectivity index (χ0n) is 13.5. The van der Waals surface area contributed by atoms with Crippen molar-refractivity contribution in [1.82, 2.24) is 9.78 Å². The van der Waals surface area contributed by atoms with Crippen LogP contribution in [0.2, 0.25) is 0 Å². The second-order valence-electron chi connectivity index (χ2n) is 6.38. The number of benzene rings is 1. The van der Waals surface area contributed by atoms with Gasteiger partial charge in [-0.25, -0.2) is 4.68 Å². The van der Waals surface area contributed by atoms with Crippen molar-refractivity contribution in [2.24, 2.45) is 5.92 Å². The highest BCUT2D eigenvalue weighted by molar-refractivity contribution is 5.90. The van der Waals surface area contributed by atoms with Crippen molar-refractivity contribution < 1.29 is 4.79 Å². The number of fused-ring (bicyclic) bond motifs is 1. The Morgan fingerprint density at radius 2 is 2.22 bits per heavy atom. The molecule has 0 radical (unpaired) electrons. The van der Waals surface area contributed by atoms with Crippen molar-refractivity contribution in [3.8, 4) is 0 Å². The van der Waals surface area contributed by atoms with Crippen molar-refractivity contribution in [1.29, 1.82) is 0 Å². The van der Waals surface area contributed by atoms with Gasteiger partial charge >= 0.3 is 0 Å². The van der Waals surface area contributed by atoms with E-state index in [9.17, 15) is 9.59 Å². The summed E-state index contributed by atoms with van der Waals surface area (Å²) >= 11 is 0. The number of rotatable bonds is 3. The fourth-order valence-electron chi connectivity index (χ4n) is 2.99. The van der Waals surface area contributed by atoms with Gasteiger partial charge in [0.2, 0.25) is 5.91 Å². The summed E-state index contributed by atoms with van der Waals surface area (Å²) in [7, 11) is 0. The van der Waals surface area contributed by atoms with Crippen LogP contribution < -0.4 is 10.9 Å². The summed E-state index contributed by atoms with van der Waals surface area (Å²) in [6.07, 6.45) is 2.85. The summed E-state index contributed by atoms with van der Waals surface area (Å²) in [6.45, 7) is 4.09. The molecule has 1 heterocycles. The van der Waals surface area contributed by atoms with Gasteiger partial charge in [-0.3, -0.25) is 9.59 Å². The van der Waals surface area contributed by atoms with Gasteiger partial charge in [-0.15, -0.1) is 0 Å². The third-order valence-corrected chi connectivity index (χ3v) is 4.20. The van der Waals surface area contributed by atoms with Crippen molar-refractivity contribution in [3.05, 3.63) is 57.5 Å². The molecule has 5 nitrogen and oxygen atoms in total. The van der Waals surface area contributed by atoms with E-state index in [-0.39, 0.29) is 18.0 Å². The van der Waals surface area contributed by atoms with Crippen LogP contribution in [0.25, 0.3) is 0 Å². The summed E-state index contributed by atoms with van der Waals surface area (Å²) in [5.74, 6) is 0.346. The molecule has 2 aromatic rings. The van der Waals surface area contributed by atoms with Crippen LogP contribution in [0.4, 0.5) is 5.69 Å². The van der Waals surface area contributed by atoms with Crippen molar-refractivity contribution >= 4 is 11.6 Å². The first-order valence-corrected chi connectivity index (χ1v) is 7.97. The van der Waals surface area contributed by atoms with Gasteiger partial charge in [0.1, 0.15) is 6.54 Å². The molecule has 0 spiro atoms. The van der Waals surface area contributed by atoms with E-state index < -0.39 is 0 Å². The van der Waals surface area contributed by atoms with Gasteiger partial charge in [0, 0.05) is 11.8 Å². The molecule has 0 saturated heterocycles. The average molecular weight is 311 g/mol. The van der Waals surface area contributed by atoms with E-state index >= 15 is 0 Å². The fourth-order valence-corrected chi connectivity index (χ4v) is 2.99. The summed E-state index contributed by atoms with van der Waals surface area (Å²) in [5, 5.41) is 7.20. The summed E-state index contributed by atoms with van der Waals surface area (Å²) < 4.78 is 1.26. The number of carbonyl (C=O) groups is 1. The summed E-state index contributed by atoms with van der Waals surface area (Å²) in [4.78, 5) is 24.3. The van der Waals surface area contributed by atoms with E-state index in [1.165, 1.54) is 4.68 Å². The average Bonchev–Trinajstić information content (AvgIpc) is 2.48. The molecular weight excluding hydrogens is 290 g/mol. The summed E-state index contributed by atoms with van der Waals surface area (Å²) in [5.41, 5.74) is 3.57. The number of carbonyl (C=O) groups excluding carboxylic acids is 1. The minimum Gasteiger partial charge on any atom is -0.324 e. The zero-order chi connectivity index (χ0) is 16.4. The molecule has 1 aromatic heterocycles. The lowest BCUT2D eigenvalue weighted by Crippen LogP contribution is -2.32. The minimum atomic E-state index is -0.241. The Bertz CT molecular complexity index is 795. The smallest absolute Gasteiger partial charge is 0.267 e. The topological polar surface area (TPSA) is 64.0 Å². The zero-order valence-corrected chi connectivity index (χ0v) is 13.5. The van der Waals surface area contributed by atoms with Crippen LogP contribution in [0.5, 0.6) is 0 Å². The van der Waals surface area contributed by atoms with Crippen LogP contribution in [-0.4, -0.2) is 15.7 Å². The number of amides is 1. The van der Waals surface area contributed by atoms with Gasteiger partial charge in [-0.1, -0.05) is 19.1 Å². The van der Waals surface area contributed by atoms with Gasteiger partial charge in [-0.2, -0.15) is 5.10 Å². The Balaban J connectivity index is 1.75. The lowest BCUT2D eigenvalue weighted by Gasteiger charge is -2.20. The normalized spacial score (nSPS) is 16.7. The standard InChI is InChI=1S/C18H21N3O2/c1-12-4-3-5-15(9-12)19-17(22)11-21-18(23)10-14-8-13(2)6-7-16(14)20-21/h3-5,9-10,13H,6-8,11H2,1-2H3,(H,19,22). The molecular formula is C18H21N3O2. The van der Waals surface area contributed by atoms with Crippen molar-refractivity contribution in [3.63, 3.8) is 0 Å². The predicted molar refractivity (Wildman–Crippen MR) is 89.5 cm³/mol. The number of aromatic nitrogens is 2. The van der Waals surface area contributed by atoms with E-state index in [0.29, 0.717) is 5.92 Å². The van der Waals surface area contributed by atoms with Crippen LogP contribution in [0.3, 0.4) is 0 Å². The molecule has 1 unspecified atom stereocenters. The highest BCUT2D eigenvalue weighted by atomic mass is 16.2. The Morgan fingerprint density at radius 3 is 3.00 bits per heavy atom. The number of hydrogen-bond donors (Lipinski definition) is 1. The van der Waals surface area contributed by atoms with Crippen LogP contribution in [0.15, 0.2) is 35.1 Å². The number of aryl methyl sites for hydroxylation is 2. The Morgan fingerprint density at radius 1 is 1.39 bits per heavy atom. The third-order valence-electron chi connectivity index (χ3n) is 4.20. The first-order valence-electron chi connectivity index (χ1n) is 7.97. The third kappa shape index (κ3) is 3.67. The molecule has 1 amide bonds. The number of nitrogens with zero attached hydrogens (tertiary/aromatic N) is 2. The molecule has 0 aliphatic heterocycles. The molecule has 0 saturated carbocycles. The van der Waals surface area contributed by atoms with Gasteiger partial charge < -0.3 is 5.32 Å². The maximum Gasteiger partial charge on any atom is 0.267 e. The molecule has 1 N–H and O–H groups in total. The van der Waals surface area contributed by atoms with Crippen LogP contribution >= 0.6 is 0 Å². The molecule has 23 heavy (non-hydrogen) atoms. The molecule has 1 aromatic carbocycles. The van der Waals surface area contributed by atoms with Gasteiger partial charge in [0.05, 0.1) is 5.69 Å². The molecule has 120 valence electrons. The maximum absolute atomic E-state index is 12.2. The SMILES string of the molecule is Cc1cccc(NC(=O)Cn2nc3c(cc2=O)CC(C)CC3)c1. The maximum atomic E-state index is 12.2. The molecule has 5 heteroatoms. The van der Waals surface area contributed by atoms with Crippen molar-refractivity contribution in [2.75, 3.05) is 5.32 Å². The highest BCUT2D eigenvalue weighted by Crippen LogP contribution is 2.22. The molecule has 0 fully saturated rings. The molecule has 1 aliphatic carbocycles. The number of hydrogen-bond acceptors (Lipinski definition) is 3. The second kappa shape index (κ2) is 6.36. The van der Waals surface area contributed by atoms with E-state index in [1.54, 1.807) is 6.07 Å². The van der Waals surface area contributed by atoms with Gasteiger partial charge in [-0.05, 0) is 55.4 Å². The van der Waals surface area contributed by atoms with Crippen molar-refractivity contribution in [2.45, 2.75) is 39.7 Å². The Labute approximate surface area is 135 Å². The Kier molecular flexibility index (Phi) is 4.28. The van der Waals surface area contributed by atoms with Gasteiger partial charge in [0.25, 0.3) is 5.56 Å². The van der Waals surface area contributed by atoms with Gasteiger partial charge in [0.15, 0.2) is 0 Å². The van der Waals surface area contributed by atoms with Crippen LogP contribution in [0, 0.1) is 12.8 Å². The predicted octanol–water partition coefficient (Wildman–Crippen LogP) is 2.32. The van der Waals surface area contributed by atoms with Crippen LogP contribution in [0.1, 0.15) is 30.2 Å². The van der Waals surface area contributed by atoms with E-state index in [4.69, 9.17) is 0 Å². The number of nitrogens with one attached hydrogen (secondary N) is 1. The lowest BCUT2D eigenvalue weighted by atomic mass is 9.88. The molecule has 1 atom stereocenters. The molecule has 3 rings (SSSR count). The Hall–Kier alpha value is -2.43. The minimum absolute atomic E-state index is 0.0599. The van der Waals surface area contributed by atoms with E-state index in [1.807, 2.05) is 31.2 Å². The summed E-state index contributed by atoms with van der Waals surface area (Å²) in [6, 6.07) is 9.21. The fraction of sp³-hybridized carbons (Fsp3) is 0.389. The highest BCUT2D eigenvalue weighted by Gasteiger charge is 2.18. The monoisotopic (exact) mass is 311 g/mol. The van der Waals surface area contributed by atoms with Crippen LogP contribution in [-0.2, 0) is 24.2 Å². The second-order valence-corrected chi connectivity index (χ2v) is 6.38. The first kappa shape index (κ1) is 15.5.